The fourth-order valence-electron chi connectivity index (χ4n) is 3.85. The van der Waals surface area contributed by atoms with Crippen molar-refractivity contribution in [1.82, 2.24) is 0 Å². The van der Waals surface area contributed by atoms with Gasteiger partial charge in [0.05, 0.1) is 0 Å². The number of hydrogen-bond acceptors (Lipinski definition) is 1. The van der Waals surface area contributed by atoms with Gasteiger partial charge in [0.15, 0.2) is 0 Å². The molecule has 2 heteroatoms. The van der Waals surface area contributed by atoms with Crippen LogP contribution >= 0.6 is 0 Å². The SMILES string of the molecule is CCC[CH2][Sn]([CH2]CCC)([CH2]CCC)[c]1ccc(CCCCN)cc1.[CH2]C. The molecule has 1 aromatic rings. The molecule has 0 bridgehead atoms. The van der Waals surface area contributed by atoms with E-state index < -0.39 is 18.4 Å². The molecule has 0 aliphatic rings. The van der Waals surface area contributed by atoms with Crippen LogP contribution in [0.25, 0.3) is 0 Å². The van der Waals surface area contributed by atoms with E-state index in [2.05, 4.69) is 52.0 Å². The average Bonchev–Trinajstić information content (AvgIpc) is 2.70. The van der Waals surface area contributed by atoms with Crippen LogP contribution in [-0.2, 0) is 6.42 Å². The average molecular weight is 467 g/mol. The zero-order valence-electron chi connectivity index (χ0n) is 18.3. The zero-order chi connectivity index (χ0) is 19.7. The molecule has 0 unspecified atom stereocenters. The molecule has 0 spiro atoms. The van der Waals surface area contributed by atoms with E-state index in [1.807, 2.05) is 3.58 Å². The van der Waals surface area contributed by atoms with Crippen molar-refractivity contribution in [2.24, 2.45) is 5.73 Å². The van der Waals surface area contributed by atoms with Crippen LogP contribution in [0.1, 0.15) is 84.6 Å². The third kappa shape index (κ3) is 9.78. The van der Waals surface area contributed by atoms with E-state index in [4.69, 9.17) is 5.73 Å². The molecule has 2 N–H and O–H groups in total. The number of hydrogen-bond donors (Lipinski definition) is 1. The molecule has 1 nitrogen and oxygen atoms in total. The molecule has 1 aromatic carbocycles. The minimum Gasteiger partial charge on any atom is -0.0654 e. The third-order valence-corrected chi connectivity index (χ3v) is 21.2. The summed E-state index contributed by atoms with van der Waals surface area (Å²) in [7, 11) is 0. The summed E-state index contributed by atoms with van der Waals surface area (Å²) in [6.45, 7) is 12.9. The Balaban J connectivity index is 0.00000301. The summed E-state index contributed by atoms with van der Waals surface area (Å²) in [6, 6.07) is 9.94. The zero-order valence-corrected chi connectivity index (χ0v) is 21.1. The first kappa shape index (κ1) is 26.0. The molecule has 0 saturated heterocycles. The van der Waals surface area contributed by atoms with E-state index in [0.29, 0.717) is 0 Å². The van der Waals surface area contributed by atoms with Gasteiger partial charge in [0.1, 0.15) is 0 Å². The Morgan fingerprint density at radius 1 is 0.731 bits per heavy atom. The van der Waals surface area contributed by atoms with Gasteiger partial charge in [-0.3, -0.25) is 0 Å². The topological polar surface area (TPSA) is 26.0 Å². The summed E-state index contributed by atoms with van der Waals surface area (Å²) in [5.74, 6) is 0. The van der Waals surface area contributed by atoms with Gasteiger partial charge >= 0.3 is 156 Å². The van der Waals surface area contributed by atoms with Crippen LogP contribution in [0.2, 0.25) is 13.3 Å². The van der Waals surface area contributed by atoms with Gasteiger partial charge in [-0.25, -0.2) is 0 Å². The summed E-state index contributed by atoms with van der Waals surface area (Å²) in [5.41, 5.74) is 7.13. The van der Waals surface area contributed by atoms with Crippen molar-refractivity contribution >= 4 is 22.0 Å². The monoisotopic (exact) mass is 468 g/mol. The fraction of sp³-hybridized carbons (Fsp3) is 0.708. The molecule has 0 aliphatic heterocycles. The molecule has 0 fully saturated rings. The van der Waals surface area contributed by atoms with Crippen LogP contribution in [0.5, 0.6) is 0 Å². The van der Waals surface area contributed by atoms with Crippen molar-refractivity contribution < 1.29 is 0 Å². The van der Waals surface area contributed by atoms with Crippen LogP contribution in [-0.4, -0.2) is 24.9 Å². The number of aryl methyl sites for hydroxylation is 1. The van der Waals surface area contributed by atoms with Crippen molar-refractivity contribution in [3.8, 4) is 0 Å². The second-order valence-corrected chi connectivity index (χ2v) is 20.8. The van der Waals surface area contributed by atoms with Crippen LogP contribution in [0.4, 0.5) is 0 Å². The van der Waals surface area contributed by atoms with Crippen molar-refractivity contribution in [2.75, 3.05) is 6.54 Å². The summed E-state index contributed by atoms with van der Waals surface area (Å²) < 4.78 is 6.51. The molecule has 0 aromatic heterocycles. The molecule has 1 radical (unpaired) electrons. The molecule has 151 valence electrons. The molecular weight excluding hydrogens is 421 g/mol. The molecule has 26 heavy (non-hydrogen) atoms. The van der Waals surface area contributed by atoms with E-state index in [1.54, 1.807) is 20.2 Å². The Morgan fingerprint density at radius 2 is 1.19 bits per heavy atom. The minimum atomic E-state index is -2.20. The Labute approximate surface area is 169 Å². The van der Waals surface area contributed by atoms with Gasteiger partial charge in [0, 0.05) is 0 Å². The predicted octanol–water partition coefficient (Wildman–Crippen LogP) is 6.86. The largest absolute Gasteiger partial charge is 0.0654 e. The van der Waals surface area contributed by atoms with Crippen molar-refractivity contribution in [3.05, 3.63) is 36.8 Å². The molecular formula is C24H46NSn. The van der Waals surface area contributed by atoms with Crippen LogP contribution in [0, 0.1) is 6.92 Å². The van der Waals surface area contributed by atoms with Gasteiger partial charge in [-0.1, -0.05) is 13.8 Å². The normalized spacial score (nSPS) is 11.2. The first-order valence-electron chi connectivity index (χ1n) is 11.2. The Bertz CT molecular complexity index is 391. The number of unbranched alkanes of at least 4 members (excludes halogenated alkanes) is 4. The first-order chi connectivity index (χ1) is 12.7. The van der Waals surface area contributed by atoms with E-state index in [-0.39, 0.29) is 0 Å². The third-order valence-electron chi connectivity index (χ3n) is 5.51. The number of rotatable bonds is 14. The summed E-state index contributed by atoms with van der Waals surface area (Å²) in [4.78, 5) is 0. The van der Waals surface area contributed by atoms with E-state index >= 15 is 0 Å². The van der Waals surface area contributed by atoms with E-state index in [0.717, 1.165) is 13.0 Å². The van der Waals surface area contributed by atoms with Gasteiger partial charge < -0.3 is 0 Å². The Morgan fingerprint density at radius 3 is 1.58 bits per heavy atom. The molecule has 0 aliphatic carbocycles. The number of benzene rings is 1. The minimum absolute atomic E-state index is 0.822. The molecule has 1 rings (SSSR count). The van der Waals surface area contributed by atoms with Gasteiger partial charge in [-0.2, -0.15) is 0 Å². The smallest absolute Gasteiger partial charge is 0.0564 e. The first-order valence-corrected chi connectivity index (χ1v) is 18.7. The van der Waals surface area contributed by atoms with Gasteiger partial charge in [0.2, 0.25) is 0 Å². The van der Waals surface area contributed by atoms with Gasteiger partial charge in [0.25, 0.3) is 0 Å². The van der Waals surface area contributed by atoms with Crippen LogP contribution in [0.3, 0.4) is 0 Å². The molecule has 0 saturated carbocycles. The maximum Gasteiger partial charge on any atom is -0.0564 e. The van der Waals surface area contributed by atoms with Crippen LogP contribution < -0.4 is 9.31 Å². The van der Waals surface area contributed by atoms with Gasteiger partial charge in [-0.05, 0) is 0 Å². The van der Waals surface area contributed by atoms with Crippen LogP contribution in [0.15, 0.2) is 24.3 Å². The fourth-order valence-corrected chi connectivity index (χ4v) is 19.8. The molecule has 0 atom stereocenters. The molecule has 0 heterocycles. The Hall–Kier alpha value is -0.0213. The summed E-state index contributed by atoms with van der Waals surface area (Å²) >= 11 is -2.20. The quantitative estimate of drug-likeness (QED) is 0.235. The summed E-state index contributed by atoms with van der Waals surface area (Å²) in [5, 5.41) is 0. The van der Waals surface area contributed by atoms with Gasteiger partial charge in [-0.15, -0.1) is 0 Å². The molecule has 0 amide bonds. The maximum absolute atomic E-state index is 5.62. The maximum atomic E-state index is 5.62. The summed E-state index contributed by atoms with van der Waals surface area (Å²) in [6.07, 6.45) is 12.0. The standard InChI is InChI=1S/C10H14N.3C4H9.C2H5.Sn/c11-9-5-4-8-10-6-2-1-3-7-10;3*1-3-4-2;1-2;/h2-3,6-7H,4-5,8-9,11H2;3*1,3-4H2,2H3;1H2,2H3;. The Kier molecular flexibility index (Phi) is 17.1. The van der Waals surface area contributed by atoms with E-state index in [1.165, 1.54) is 56.9 Å². The van der Waals surface area contributed by atoms with Crippen molar-refractivity contribution in [3.63, 3.8) is 0 Å². The number of nitrogens with two attached hydrogens (primary N) is 1. The predicted molar refractivity (Wildman–Crippen MR) is 124 cm³/mol. The second-order valence-electron chi connectivity index (χ2n) is 7.53. The van der Waals surface area contributed by atoms with Crippen molar-refractivity contribution in [1.29, 1.82) is 0 Å². The van der Waals surface area contributed by atoms with Crippen molar-refractivity contribution in [2.45, 2.75) is 98.8 Å². The second kappa shape index (κ2) is 17.1. The van der Waals surface area contributed by atoms with E-state index in [9.17, 15) is 0 Å².